The zero-order valence-corrected chi connectivity index (χ0v) is 10.6. The van der Waals surface area contributed by atoms with Crippen molar-refractivity contribution in [2.45, 2.75) is 0 Å². The average molecular weight is 298 g/mol. The fourth-order valence-electron chi connectivity index (χ4n) is 2.02. The van der Waals surface area contributed by atoms with Crippen molar-refractivity contribution in [2.75, 3.05) is 0 Å². The van der Waals surface area contributed by atoms with Gasteiger partial charge in [0.1, 0.15) is 11.3 Å². The third-order valence-electron chi connectivity index (χ3n) is 2.89. The van der Waals surface area contributed by atoms with E-state index in [9.17, 15) is 17.6 Å². The summed E-state index contributed by atoms with van der Waals surface area (Å²) in [5.74, 6) is -4.79. The second kappa shape index (κ2) is 4.45. The maximum atomic E-state index is 13.6. The number of rotatable bonds is 1. The number of aromatic amines is 1. The third-order valence-corrected chi connectivity index (χ3v) is 3.18. The quantitative estimate of drug-likeness (QED) is 0.405. The Balaban J connectivity index is 2.38. The van der Waals surface area contributed by atoms with Crippen LogP contribution in [0.3, 0.4) is 0 Å². The molecule has 0 spiro atoms. The summed E-state index contributed by atoms with van der Waals surface area (Å²) >= 11 is 5.02. The van der Waals surface area contributed by atoms with E-state index in [4.69, 9.17) is 12.2 Å². The van der Waals surface area contributed by atoms with Gasteiger partial charge in [0.15, 0.2) is 22.2 Å². The maximum absolute atomic E-state index is 13.6. The van der Waals surface area contributed by atoms with Crippen LogP contribution >= 0.6 is 12.2 Å². The lowest BCUT2D eigenvalue weighted by Gasteiger charge is -2.06. The largest absolute Gasteiger partial charge is 0.328 e. The van der Waals surface area contributed by atoms with Crippen LogP contribution in [0.4, 0.5) is 17.6 Å². The number of halogens is 4. The monoisotopic (exact) mass is 298 g/mol. The van der Waals surface area contributed by atoms with Gasteiger partial charge >= 0.3 is 0 Å². The Kier molecular flexibility index (Phi) is 2.86. The van der Waals surface area contributed by atoms with Crippen LogP contribution in [0.1, 0.15) is 0 Å². The van der Waals surface area contributed by atoms with E-state index in [0.29, 0.717) is 5.52 Å². The smallest absolute Gasteiger partial charge is 0.194 e. The van der Waals surface area contributed by atoms with Gasteiger partial charge in [-0.1, -0.05) is 6.07 Å². The zero-order valence-electron chi connectivity index (χ0n) is 9.75. The van der Waals surface area contributed by atoms with Crippen LogP contribution in [0.5, 0.6) is 0 Å². The Morgan fingerprint density at radius 2 is 1.60 bits per heavy atom. The molecule has 102 valence electrons. The second-order valence-corrected chi connectivity index (χ2v) is 4.51. The number of imidazole rings is 1. The summed E-state index contributed by atoms with van der Waals surface area (Å²) in [6.45, 7) is 0. The van der Waals surface area contributed by atoms with Crippen LogP contribution in [0.25, 0.3) is 16.7 Å². The normalized spacial score (nSPS) is 11.2. The van der Waals surface area contributed by atoms with Gasteiger partial charge in [0, 0.05) is 12.1 Å². The van der Waals surface area contributed by atoms with Gasteiger partial charge < -0.3 is 4.98 Å². The number of hydrogen-bond acceptors (Lipinski definition) is 1. The molecule has 0 aliphatic rings. The van der Waals surface area contributed by atoms with Crippen molar-refractivity contribution in [2.24, 2.45) is 0 Å². The van der Waals surface area contributed by atoms with Gasteiger partial charge in [-0.2, -0.15) is 0 Å². The van der Waals surface area contributed by atoms with Crippen molar-refractivity contribution in [1.29, 1.82) is 0 Å². The number of nitrogens with one attached hydrogen (secondary N) is 1. The van der Waals surface area contributed by atoms with Crippen molar-refractivity contribution in [1.82, 2.24) is 9.55 Å². The molecule has 1 heterocycles. The molecule has 0 aliphatic carbocycles. The number of para-hydroxylation sites is 1. The van der Waals surface area contributed by atoms with E-state index in [1.165, 1.54) is 22.8 Å². The molecule has 0 saturated heterocycles. The molecule has 3 aromatic rings. The van der Waals surface area contributed by atoms with Gasteiger partial charge in [0.2, 0.25) is 0 Å². The van der Waals surface area contributed by atoms with Crippen molar-refractivity contribution < 1.29 is 17.6 Å². The molecule has 0 atom stereocenters. The molecule has 0 saturated carbocycles. The molecule has 0 amide bonds. The molecule has 2 nitrogen and oxygen atoms in total. The van der Waals surface area contributed by atoms with Crippen LogP contribution in [0, 0.1) is 28.0 Å². The highest BCUT2D eigenvalue weighted by Crippen LogP contribution is 2.24. The molecule has 3 rings (SSSR count). The highest BCUT2D eigenvalue weighted by Gasteiger charge is 2.15. The first-order valence-corrected chi connectivity index (χ1v) is 5.94. The maximum Gasteiger partial charge on any atom is 0.194 e. The summed E-state index contributed by atoms with van der Waals surface area (Å²) in [5, 5.41) is 0. The lowest BCUT2D eigenvalue weighted by atomic mass is 10.2. The number of hydrogen-bond donors (Lipinski definition) is 1. The number of nitrogens with zero attached hydrogens (tertiary/aromatic N) is 1. The Bertz CT molecular complexity index is 859. The zero-order chi connectivity index (χ0) is 14.4. The van der Waals surface area contributed by atoms with Crippen LogP contribution in [-0.4, -0.2) is 9.55 Å². The molecule has 20 heavy (non-hydrogen) atoms. The van der Waals surface area contributed by atoms with E-state index < -0.39 is 23.3 Å². The first-order chi connectivity index (χ1) is 9.49. The van der Waals surface area contributed by atoms with E-state index in [1.54, 1.807) is 0 Å². The fourth-order valence-corrected chi connectivity index (χ4v) is 2.33. The minimum absolute atomic E-state index is 0.0248. The van der Waals surface area contributed by atoms with Gasteiger partial charge in [0.05, 0.1) is 11.2 Å². The molecule has 1 aromatic heterocycles. The van der Waals surface area contributed by atoms with E-state index in [0.717, 1.165) is 12.1 Å². The van der Waals surface area contributed by atoms with Crippen LogP contribution in [0.2, 0.25) is 0 Å². The van der Waals surface area contributed by atoms with Crippen molar-refractivity contribution in [3.63, 3.8) is 0 Å². The fraction of sp³-hybridized carbons (Fsp3) is 0. The van der Waals surface area contributed by atoms with Crippen LogP contribution < -0.4 is 0 Å². The van der Waals surface area contributed by atoms with Crippen LogP contribution in [-0.2, 0) is 0 Å². The van der Waals surface area contributed by atoms with Crippen LogP contribution in [0.15, 0.2) is 30.3 Å². The van der Waals surface area contributed by atoms with E-state index in [1.807, 2.05) is 0 Å². The Labute approximate surface area is 115 Å². The van der Waals surface area contributed by atoms with Gasteiger partial charge in [-0.05, 0) is 24.4 Å². The number of aromatic nitrogens is 2. The summed E-state index contributed by atoms with van der Waals surface area (Å²) in [4.78, 5) is 2.61. The lowest BCUT2D eigenvalue weighted by Crippen LogP contribution is -1.99. The Morgan fingerprint density at radius 3 is 2.25 bits per heavy atom. The Morgan fingerprint density at radius 1 is 0.950 bits per heavy atom. The van der Waals surface area contributed by atoms with Crippen molar-refractivity contribution in [3.8, 4) is 5.69 Å². The van der Waals surface area contributed by atoms with E-state index in [-0.39, 0.29) is 16.0 Å². The first-order valence-electron chi connectivity index (χ1n) is 5.53. The summed E-state index contributed by atoms with van der Waals surface area (Å²) < 4.78 is 54.5. The predicted molar refractivity (Wildman–Crippen MR) is 68.3 cm³/mol. The molecule has 0 bridgehead atoms. The molecule has 0 unspecified atom stereocenters. The van der Waals surface area contributed by atoms with Crippen molar-refractivity contribution >= 4 is 23.3 Å². The molecule has 0 aliphatic heterocycles. The Hall–Kier alpha value is -2.15. The van der Waals surface area contributed by atoms with Crippen molar-refractivity contribution in [3.05, 3.63) is 58.4 Å². The SMILES string of the molecule is Fc1cc(-n2c(=S)[nH]c3c(F)cccc32)cc(F)c1F. The standard InChI is InChI=1S/C13H6F4N2S/c14-7-2-1-3-10-12(7)18-13(20)19(10)6-4-8(15)11(17)9(16)5-6/h1-5H,(H,18,20). The number of benzene rings is 2. The van der Waals surface area contributed by atoms with Gasteiger partial charge in [-0.25, -0.2) is 17.6 Å². The molecule has 1 N–H and O–H groups in total. The minimum Gasteiger partial charge on any atom is -0.328 e. The van der Waals surface area contributed by atoms with Gasteiger partial charge in [-0.15, -0.1) is 0 Å². The third kappa shape index (κ3) is 1.82. The molecule has 0 radical (unpaired) electrons. The number of fused-ring (bicyclic) bond motifs is 1. The summed E-state index contributed by atoms with van der Waals surface area (Å²) in [6.07, 6.45) is 0. The molecule has 7 heteroatoms. The van der Waals surface area contributed by atoms with E-state index in [2.05, 4.69) is 4.98 Å². The summed E-state index contributed by atoms with van der Waals surface area (Å²) in [6, 6.07) is 5.79. The summed E-state index contributed by atoms with van der Waals surface area (Å²) in [7, 11) is 0. The molecule has 0 fully saturated rings. The minimum atomic E-state index is -1.56. The number of H-pyrrole nitrogens is 1. The molecule has 2 aromatic carbocycles. The highest BCUT2D eigenvalue weighted by atomic mass is 32.1. The predicted octanol–water partition coefficient (Wildman–Crippen LogP) is 4.24. The van der Waals surface area contributed by atoms with Gasteiger partial charge in [-0.3, -0.25) is 4.57 Å². The topological polar surface area (TPSA) is 20.7 Å². The first kappa shape index (κ1) is 12.9. The lowest BCUT2D eigenvalue weighted by molar-refractivity contribution is 0.446. The molecular formula is C13H6F4N2S. The van der Waals surface area contributed by atoms with Gasteiger partial charge in [0.25, 0.3) is 0 Å². The highest BCUT2D eigenvalue weighted by molar-refractivity contribution is 7.71. The summed E-state index contributed by atoms with van der Waals surface area (Å²) in [5.41, 5.74) is 0.395. The van der Waals surface area contributed by atoms with E-state index >= 15 is 0 Å². The molecular weight excluding hydrogens is 292 g/mol. The average Bonchev–Trinajstić information content (AvgIpc) is 2.73. The second-order valence-electron chi connectivity index (χ2n) is 4.12.